The molecule has 3 heterocycles. The summed E-state index contributed by atoms with van der Waals surface area (Å²) in [5.41, 5.74) is 1.50. The summed E-state index contributed by atoms with van der Waals surface area (Å²) in [6.07, 6.45) is 3.75. The fourth-order valence-electron chi connectivity index (χ4n) is 2.18. The molecule has 88 valence electrons. The first-order valence-corrected chi connectivity index (χ1v) is 7.99. The van der Waals surface area contributed by atoms with Crippen molar-refractivity contribution >= 4 is 23.1 Å². The van der Waals surface area contributed by atoms with Crippen molar-refractivity contribution in [2.75, 3.05) is 5.75 Å². The predicted octanol–water partition coefficient (Wildman–Crippen LogP) is 3.20. The molecule has 3 nitrogen and oxygen atoms in total. The monoisotopic (exact) mass is 263 g/mol. The lowest BCUT2D eigenvalue weighted by molar-refractivity contribution is 0.935. The number of H-pyrrole nitrogens is 1. The van der Waals surface area contributed by atoms with Crippen LogP contribution in [0.2, 0.25) is 0 Å². The van der Waals surface area contributed by atoms with E-state index in [0.717, 1.165) is 17.4 Å². The molecule has 0 saturated heterocycles. The van der Waals surface area contributed by atoms with Crippen molar-refractivity contribution in [2.45, 2.75) is 30.9 Å². The lowest BCUT2D eigenvalue weighted by Gasteiger charge is -2.08. The van der Waals surface area contributed by atoms with Crippen LogP contribution in [0.1, 0.15) is 35.0 Å². The first-order valence-electron chi connectivity index (χ1n) is 6.02. The molecule has 0 atom stereocenters. The van der Waals surface area contributed by atoms with E-state index in [1.165, 1.54) is 40.3 Å². The molecule has 0 aromatic carbocycles. The molecule has 0 amide bonds. The maximum Gasteiger partial charge on any atom is 0.191 e. The van der Waals surface area contributed by atoms with Gasteiger partial charge in [0.2, 0.25) is 0 Å². The summed E-state index contributed by atoms with van der Waals surface area (Å²) in [4.78, 5) is 7.40. The fourth-order valence-corrected chi connectivity index (χ4v) is 4.49. The maximum atomic E-state index is 4.62. The van der Waals surface area contributed by atoms with Crippen LogP contribution in [-0.4, -0.2) is 20.9 Å². The highest BCUT2D eigenvalue weighted by atomic mass is 32.2. The van der Waals surface area contributed by atoms with Gasteiger partial charge in [0.25, 0.3) is 0 Å². The molecular weight excluding hydrogens is 250 g/mol. The second-order valence-corrected chi connectivity index (χ2v) is 6.92. The van der Waals surface area contributed by atoms with Crippen LogP contribution < -0.4 is 0 Å². The maximum absolute atomic E-state index is 4.62. The van der Waals surface area contributed by atoms with Crippen LogP contribution in [0, 0.1) is 0 Å². The first kappa shape index (κ1) is 10.1. The number of rotatable bonds is 2. The van der Waals surface area contributed by atoms with E-state index >= 15 is 0 Å². The molecule has 17 heavy (non-hydrogen) atoms. The van der Waals surface area contributed by atoms with Crippen LogP contribution in [-0.2, 0) is 12.2 Å². The van der Waals surface area contributed by atoms with Gasteiger partial charge in [-0.3, -0.25) is 5.10 Å². The SMILES string of the molecule is c1c(-c2n[nH]c(C3CC3)n2)sc2c1CSCC2. The average molecular weight is 263 g/mol. The van der Waals surface area contributed by atoms with Gasteiger partial charge in [-0.1, -0.05) is 0 Å². The molecule has 1 aliphatic carbocycles. The average Bonchev–Trinajstić information content (AvgIpc) is 2.94. The number of aryl methyl sites for hydroxylation is 1. The number of aromatic nitrogens is 3. The van der Waals surface area contributed by atoms with E-state index < -0.39 is 0 Å². The van der Waals surface area contributed by atoms with Crippen molar-refractivity contribution in [1.82, 2.24) is 15.2 Å². The number of aromatic amines is 1. The zero-order valence-corrected chi connectivity index (χ0v) is 11.0. The number of hydrogen-bond acceptors (Lipinski definition) is 4. The van der Waals surface area contributed by atoms with Gasteiger partial charge >= 0.3 is 0 Å². The summed E-state index contributed by atoms with van der Waals surface area (Å²) in [7, 11) is 0. The summed E-state index contributed by atoms with van der Waals surface area (Å²) in [6, 6.07) is 2.28. The standard InChI is InChI=1S/C12H13N3S2/c1-2-7(1)11-13-12(15-14-11)10-5-8-6-16-4-3-9(8)17-10/h5,7H,1-4,6H2,(H,13,14,15). The smallest absolute Gasteiger partial charge is 0.191 e. The molecule has 0 unspecified atom stereocenters. The third-order valence-corrected chi connectivity index (χ3v) is 5.56. The summed E-state index contributed by atoms with van der Waals surface area (Å²) in [6.45, 7) is 0. The zero-order chi connectivity index (χ0) is 11.2. The van der Waals surface area contributed by atoms with Gasteiger partial charge in [-0.25, -0.2) is 4.98 Å². The molecule has 1 saturated carbocycles. The second-order valence-electron chi connectivity index (χ2n) is 4.68. The van der Waals surface area contributed by atoms with Crippen LogP contribution in [0.5, 0.6) is 0 Å². The molecule has 1 fully saturated rings. The molecular formula is C12H13N3S2. The molecule has 4 rings (SSSR count). The lowest BCUT2D eigenvalue weighted by atomic mass is 10.2. The van der Waals surface area contributed by atoms with Crippen molar-refractivity contribution in [2.24, 2.45) is 0 Å². The Bertz CT molecular complexity index is 530. The minimum absolute atomic E-state index is 0.654. The van der Waals surface area contributed by atoms with Gasteiger partial charge in [0.05, 0.1) is 4.88 Å². The van der Waals surface area contributed by atoms with Crippen molar-refractivity contribution in [3.63, 3.8) is 0 Å². The van der Waals surface area contributed by atoms with E-state index in [1.54, 1.807) is 0 Å². The van der Waals surface area contributed by atoms with Crippen molar-refractivity contribution in [3.05, 3.63) is 22.3 Å². The zero-order valence-electron chi connectivity index (χ0n) is 9.40. The van der Waals surface area contributed by atoms with E-state index in [4.69, 9.17) is 0 Å². The Labute approximate surface area is 108 Å². The molecule has 5 heteroatoms. The van der Waals surface area contributed by atoms with Crippen molar-refractivity contribution < 1.29 is 0 Å². The van der Waals surface area contributed by atoms with Gasteiger partial charge in [-0.2, -0.15) is 16.9 Å². The van der Waals surface area contributed by atoms with E-state index in [-0.39, 0.29) is 0 Å². The molecule has 1 N–H and O–H groups in total. The van der Waals surface area contributed by atoms with E-state index in [1.807, 2.05) is 23.1 Å². The van der Waals surface area contributed by atoms with Crippen LogP contribution in [0.3, 0.4) is 0 Å². The van der Waals surface area contributed by atoms with Crippen LogP contribution in [0.15, 0.2) is 6.07 Å². The highest BCUT2D eigenvalue weighted by Gasteiger charge is 2.27. The molecule has 1 aliphatic heterocycles. The molecule has 2 aromatic rings. The molecule has 2 aromatic heterocycles. The summed E-state index contributed by atoms with van der Waals surface area (Å²) < 4.78 is 0. The van der Waals surface area contributed by atoms with Gasteiger partial charge in [0, 0.05) is 16.5 Å². The number of thioether (sulfide) groups is 1. The van der Waals surface area contributed by atoms with Crippen LogP contribution >= 0.6 is 23.1 Å². The third kappa shape index (κ3) is 1.81. The van der Waals surface area contributed by atoms with Crippen molar-refractivity contribution in [1.29, 1.82) is 0 Å². The predicted molar refractivity (Wildman–Crippen MR) is 71.5 cm³/mol. The Morgan fingerprint density at radius 1 is 1.35 bits per heavy atom. The minimum atomic E-state index is 0.654. The van der Waals surface area contributed by atoms with Crippen molar-refractivity contribution in [3.8, 4) is 10.7 Å². The van der Waals surface area contributed by atoms with E-state index in [0.29, 0.717) is 5.92 Å². The Balaban J connectivity index is 1.69. The van der Waals surface area contributed by atoms with Gasteiger partial charge < -0.3 is 0 Å². The Kier molecular flexibility index (Phi) is 2.30. The normalized spacial score (nSPS) is 19.3. The van der Waals surface area contributed by atoms with Gasteiger partial charge in [-0.05, 0) is 36.6 Å². The number of nitrogens with zero attached hydrogens (tertiary/aromatic N) is 2. The number of thiophene rings is 1. The van der Waals surface area contributed by atoms with Crippen LogP contribution in [0.25, 0.3) is 10.7 Å². The summed E-state index contributed by atoms with van der Waals surface area (Å²) in [5, 5.41) is 7.45. The Hall–Kier alpha value is -0.810. The molecule has 0 spiro atoms. The highest BCUT2D eigenvalue weighted by Crippen LogP contribution is 2.40. The van der Waals surface area contributed by atoms with E-state index in [9.17, 15) is 0 Å². The van der Waals surface area contributed by atoms with Crippen LogP contribution in [0.4, 0.5) is 0 Å². The number of hydrogen-bond donors (Lipinski definition) is 1. The number of nitrogens with one attached hydrogen (secondary N) is 1. The summed E-state index contributed by atoms with van der Waals surface area (Å²) in [5.74, 6) is 5.05. The van der Waals surface area contributed by atoms with Gasteiger partial charge in [-0.15, -0.1) is 11.3 Å². The fraction of sp³-hybridized carbons (Fsp3) is 0.500. The highest BCUT2D eigenvalue weighted by molar-refractivity contribution is 7.98. The minimum Gasteiger partial charge on any atom is -0.262 e. The molecule has 2 aliphatic rings. The molecule has 0 radical (unpaired) electrons. The summed E-state index contributed by atoms with van der Waals surface area (Å²) >= 11 is 3.90. The second kappa shape index (κ2) is 3.85. The Morgan fingerprint density at radius 3 is 3.12 bits per heavy atom. The van der Waals surface area contributed by atoms with E-state index in [2.05, 4.69) is 21.2 Å². The van der Waals surface area contributed by atoms with Gasteiger partial charge in [0.15, 0.2) is 5.82 Å². The number of fused-ring (bicyclic) bond motifs is 1. The Morgan fingerprint density at radius 2 is 2.29 bits per heavy atom. The largest absolute Gasteiger partial charge is 0.262 e. The van der Waals surface area contributed by atoms with Gasteiger partial charge in [0.1, 0.15) is 5.82 Å². The first-order chi connectivity index (χ1) is 8.40. The third-order valence-electron chi connectivity index (χ3n) is 3.31. The molecule has 0 bridgehead atoms. The lowest BCUT2D eigenvalue weighted by Crippen LogP contribution is -1.96. The quantitative estimate of drug-likeness (QED) is 0.904. The topological polar surface area (TPSA) is 41.6 Å².